The van der Waals surface area contributed by atoms with Crippen molar-refractivity contribution in [3.05, 3.63) is 103 Å². The van der Waals surface area contributed by atoms with Crippen molar-refractivity contribution in [2.24, 2.45) is 0 Å². The highest BCUT2D eigenvalue weighted by Gasteiger charge is 2.46. The topological polar surface area (TPSA) is 101 Å². The number of amides is 1. The Bertz CT molecular complexity index is 1190. The average Bonchev–Trinajstić information content (AvgIpc) is 3.36. The maximum atomic E-state index is 12.9. The minimum absolute atomic E-state index is 0.0715. The number of hydrogen-bond acceptors (Lipinski definition) is 6. The van der Waals surface area contributed by atoms with Gasteiger partial charge in [0.15, 0.2) is 0 Å². The number of carbonyl (C=O) groups excluding carboxylic acids is 2. The lowest BCUT2D eigenvalue weighted by atomic mass is 9.95. The molecule has 0 radical (unpaired) electrons. The van der Waals surface area contributed by atoms with Crippen LogP contribution in [0.4, 0.5) is 5.69 Å². The van der Waals surface area contributed by atoms with Gasteiger partial charge in [0, 0.05) is 27.6 Å². The Kier molecular flexibility index (Phi) is 5.58. The number of Topliss-reactive ketones (excluding diaryl/α,β-unsaturated/α-hetero) is 1. The SMILES string of the molecule is O=C1C(=O)N(Cc2cccs2)C(c2ccc(Cl)cc2)/C1=C(/O)c1ccc([N+](=O)[O-])cc1. The van der Waals surface area contributed by atoms with E-state index in [2.05, 4.69) is 0 Å². The van der Waals surface area contributed by atoms with Gasteiger partial charge in [-0.05, 0) is 41.3 Å². The average molecular weight is 455 g/mol. The summed E-state index contributed by atoms with van der Waals surface area (Å²) in [6.07, 6.45) is 0. The number of likely N-dealkylation sites (tertiary alicyclic amines) is 1. The zero-order chi connectivity index (χ0) is 22.1. The molecule has 1 aromatic heterocycles. The summed E-state index contributed by atoms with van der Waals surface area (Å²) in [5.74, 6) is -1.92. The first kappa shape index (κ1) is 20.8. The Morgan fingerprint density at radius 1 is 1.10 bits per heavy atom. The molecule has 9 heteroatoms. The van der Waals surface area contributed by atoms with Crippen molar-refractivity contribution in [3.8, 4) is 0 Å². The third kappa shape index (κ3) is 3.95. The number of thiophene rings is 1. The van der Waals surface area contributed by atoms with Gasteiger partial charge < -0.3 is 10.0 Å². The summed E-state index contributed by atoms with van der Waals surface area (Å²) in [5, 5.41) is 24.2. The molecule has 2 aromatic carbocycles. The molecule has 1 N–H and O–H groups in total. The number of carbonyl (C=O) groups is 2. The first-order chi connectivity index (χ1) is 14.9. The number of non-ortho nitro benzene ring substituents is 1. The predicted octanol–water partition coefficient (Wildman–Crippen LogP) is 4.93. The van der Waals surface area contributed by atoms with Gasteiger partial charge in [0.1, 0.15) is 5.76 Å². The number of benzene rings is 2. The Morgan fingerprint density at radius 3 is 2.35 bits per heavy atom. The summed E-state index contributed by atoms with van der Waals surface area (Å²) in [7, 11) is 0. The van der Waals surface area contributed by atoms with Gasteiger partial charge in [0.2, 0.25) is 0 Å². The van der Waals surface area contributed by atoms with Crippen LogP contribution in [0.15, 0.2) is 71.6 Å². The number of halogens is 1. The summed E-state index contributed by atoms with van der Waals surface area (Å²) >= 11 is 7.45. The van der Waals surface area contributed by atoms with Gasteiger partial charge in [-0.3, -0.25) is 19.7 Å². The molecular weight excluding hydrogens is 440 g/mol. The lowest BCUT2D eigenvalue weighted by molar-refractivity contribution is -0.384. The van der Waals surface area contributed by atoms with E-state index in [1.807, 2.05) is 17.5 Å². The van der Waals surface area contributed by atoms with Crippen molar-refractivity contribution in [1.82, 2.24) is 4.90 Å². The van der Waals surface area contributed by atoms with Crippen molar-refractivity contribution < 1.29 is 19.6 Å². The van der Waals surface area contributed by atoms with Gasteiger partial charge in [-0.1, -0.05) is 29.8 Å². The Hall–Kier alpha value is -3.49. The van der Waals surface area contributed by atoms with Crippen LogP contribution in [0, 0.1) is 10.1 Å². The minimum Gasteiger partial charge on any atom is -0.507 e. The zero-order valence-corrected chi connectivity index (χ0v) is 17.5. The molecule has 0 aliphatic carbocycles. The van der Waals surface area contributed by atoms with E-state index in [0.717, 1.165) is 4.88 Å². The number of aliphatic hydroxyl groups excluding tert-OH is 1. The van der Waals surface area contributed by atoms with Crippen LogP contribution in [-0.2, 0) is 16.1 Å². The van der Waals surface area contributed by atoms with Crippen LogP contribution >= 0.6 is 22.9 Å². The minimum atomic E-state index is -0.824. The maximum Gasteiger partial charge on any atom is 0.295 e. The molecule has 1 atom stereocenters. The number of ketones is 1. The molecule has 1 aliphatic rings. The van der Waals surface area contributed by atoms with E-state index in [1.165, 1.54) is 40.5 Å². The molecule has 156 valence electrons. The second-order valence-corrected chi connectivity index (χ2v) is 8.33. The predicted molar refractivity (Wildman–Crippen MR) is 117 cm³/mol. The first-order valence-corrected chi connectivity index (χ1v) is 10.4. The maximum absolute atomic E-state index is 12.9. The third-order valence-electron chi connectivity index (χ3n) is 4.98. The smallest absolute Gasteiger partial charge is 0.295 e. The third-order valence-corrected chi connectivity index (χ3v) is 6.10. The summed E-state index contributed by atoms with van der Waals surface area (Å²) in [5.41, 5.74) is 0.601. The molecule has 3 aromatic rings. The van der Waals surface area contributed by atoms with E-state index >= 15 is 0 Å². The molecule has 31 heavy (non-hydrogen) atoms. The Balaban J connectivity index is 1.84. The van der Waals surface area contributed by atoms with Crippen LogP contribution in [0.25, 0.3) is 5.76 Å². The van der Waals surface area contributed by atoms with Crippen LogP contribution in [0.2, 0.25) is 5.02 Å². The number of rotatable bonds is 5. The molecule has 1 unspecified atom stereocenters. The zero-order valence-electron chi connectivity index (χ0n) is 15.9. The number of hydrogen-bond donors (Lipinski definition) is 1. The van der Waals surface area contributed by atoms with Crippen LogP contribution in [0.3, 0.4) is 0 Å². The summed E-state index contributed by atoms with van der Waals surface area (Å²) in [6, 6.07) is 14.7. The van der Waals surface area contributed by atoms with E-state index < -0.39 is 22.7 Å². The van der Waals surface area contributed by atoms with Crippen LogP contribution < -0.4 is 0 Å². The fourth-order valence-corrected chi connectivity index (χ4v) is 4.33. The lowest BCUT2D eigenvalue weighted by Crippen LogP contribution is -2.28. The van der Waals surface area contributed by atoms with Crippen molar-refractivity contribution >= 4 is 46.1 Å². The van der Waals surface area contributed by atoms with Gasteiger partial charge in [-0.25, -0.2) is 0 Å². The van der Waals surface area contributed by atoms with Gasteiger partial charge >= 0.3 is 0 Å². The van der Waals surface area contributed by atoms with Crippen molar-refractivity contribution in [3.63, 3.8) is 0 Å². The molecule has 0 bridgehead atoms. The van der Waals surface area contributed by atoms with Crippen LogP contribution in [0.1, 0.15) is 22.0 Å². The molecule has 1 fully saturated rings. The van der Waals surface area contributed by atoms with E-state index in [4.69, 9.17) is 11.6 Å². The highest BCUT2D eigenvalue weighted by atomic mass is 35.5. The highest BCUT2D eigenvalue weighted by molar-refractivity contribution is 7.09. The second-order valence-electron chi connectivity index (χ2n) is 6.86. The quantitative estimate of drug-likeness (QED) is 0.193. The van der Waals surface area contributed by atoms with Gasteiger partial charge in [0.25, 0.3) is 17.4 Å². The van der Waals surface area contributed by atoms with Crippen molar-refractivity contribution in [1.29, 1.82) is 0 Å². The lowest BCUT2D eigenvalue weighted by Gasteiger charge is -2.25. The molecule has 0 spiro atoms. The first-order valence-electron chi connectivity index (χ1n) is 9.18. The number of aliphatic hydroxyl groups is 1. The highest BCUT2D eigenvalue weighted by Crippen LogP contribution is 2.41. The summed E-state index contributed by atoms with van der Waals surface area (Å²) in [4.78, 5) is 38.5. The monoisotopic (exact) mass is 454 g/mol. The Labute approximate surface area is 186 Å². The molecule has 1 aliphatic heterocycles. The largest absolute Gasteiger partial charge is 0.507 e. The van der Waals surface area contributed by atoms with E-state index in [1.54, 1.807) is 24.3 Å². The van der Waals surface area contributed by atoms with E-state index in [0.29, 0.717) is 10.6 Å². The Morgan fingerprint density at radius 2 is 1.77 bits per heavy atom. The molecule has 4 rings (SSSR count). The summed E-state index contributed by atoms with van der Waals surface area (Å²) < 4.78 is 0. The molecular formula is C22H15ClN2O5S. The molecule has 7 nitrogen and oxygen atoms in total. The van der Waals surface area contributed by atoms with Crippen LogP contribution in [-0.4, -0.2) is 26.6 Å². The second kappa shape index (κ2) is 8.33. The molecule has 0 saturated carbocycles. The normalized spacial score (nSPS) is 17.8. The number of nitro groups is 1. The van der Waals surface area contributed by atoms with Crippen molar-refractivity contribution in [2.75, 3.05) is 0 Å². The summed E-state index contributed by atoms with van der Waals surface area (Å²) in [6.45, 7) is 0.201. The van der Waals surface area contributed by atoms with Gasteiger partial charge in [0.05, 0.1) is 23.1 Å². The fraction of sp³-hybridized carbons (Fsp3) is 0.0909. The standard InChI is InChI=1S/C22H15ClN2O5S/c23-15-7-3-13(4-8-15)19-18(20(26)14-5-9-16(10-6-14)25(29)30)21(27)22(28)24(19)12-17-2-1-11-31-17/h1-11,19,26H,12H2/b20-18-. The molecule has 1 saturated heterocycles. The molecule has 2 heterocycles. The van der Waals surface area contributed by atoms with Gasteiger partial charge in [-0.15, -0.1) is 11.3 Å². The van der Waals surface area contributed by atoms with Crippen LogP contribution in [0.5, 0.6) is 0 Å². The van der Waals surface area contributed by atoms with E-state index in [9.17, 15) is 24.8 Å². The van der Waals surface area contributed by atoms with Gasteiger partial charge in [-0.2, -0.15) is 0 Å². The van der Waals surface area contributed by atoms with E-state index in [-0.39, 0.29) is 29.1 Å². The number of nitro benzene ring substituents is 1. The fourth-order valence-electron chi connectivity index (χ4n) is 3.50. The number of nitrogens with zero attached hydrogens (tertiary/aromatic N) is 2. The molecule has 1 amide bonds. The van der Waals surface area contributed by atoms with Crippen molar-refractivity contribution in [2.45, 2.75) is 12.6 Å².